The number of ether oxygens (including phenoxy) is 3. The second-order valence-electron chi connectivity index (χ2n) is 6.63. The fourth-order valence-corrected chi connectivity index (χ4v) is 2.73. The molecule has 2 heterocycles. The molecule has 1 aliphatic rings. The average molecular weight is 436 g/mol. The van der Waals surface area contributed by atoms with E-state index in [0.29, 0.717) is 5.56 Å². The van der Waals surface area contributed by atoms with Crippen LogP contribution >= 0.6 is 0 Å². The largest absolute Gasteiger partial charge is 0.504 e. The highest BCUT2D eigenvalue weighted by molar-refractivity contribution is 5.87. The van der Waals surface area contributed by atoms with Crippen molar-refractivity contribution in [3.05, 3.63) is 58.7 Å². The molecule has 0 amide bonds. The van der Waals surface area contributed by atoms with Crippen molar-refractivity contribution in [3.8, 4) is 17.2 Å². The van der Waals surface area contributed by atoms with Gasteiger partial charge in [0.1, 0.15) is 37.3 Å². The lowest BCUT2D eigenvalue weighted by Crippen LogP contribution is -2.60. The summed E-state index contributed by atoms with van der Waals surface area (Å²) in [6.45, 7) is -0.502. The highest BCUT2D eigenvalue weighted by Crippen LogP contribution is 2.26. The molecule has 0 aliphatic carbocycles. The minimum absolute atomic E-state index is 0.286. The van der Waals surface area contributed by atoms with Crippen LogP contribution in [0.15, 0.2) is 52.1 Å². The zero-order valence-electron chi connectivity index (χ0n) is 15.9. The van der Waals surface area contributed by atoms with Crippen molar-refractivity contribution in [3.63, 3.8) is 0 Å². The molecule has 11 nitrogen and oxygen atoms in total. The number of rotatable bonds is 6. The molecule has 5 N–H and O–H groups in total. The number of carbonyl (C=O) groups is 1. The van der Waals surface area contributed by atoms with Crippen molar-refractivity contribution in [2.24, 2.45) is 0 Å². The van der Waals surface area contributed by atoms with Crippen LogP contribution in [0.25, 0.3) is 6.08 Å². The van der Waals surface area contributed by atoms with Gasteiger partial charge < -0.3 is 44.2 Å². The normalized spacial score (nSPS) is 26.0. The van der Waals surface area contributed by atoms with Crippen LogP contribution in [0.2, 0.25) is 0 Å². The number of carbonyl (C=O) groups excluding carboxylic acids is 1. The molecule has 0 bridgehead atoms. The number of aromatic hydroxyl groups is 2. The molecule has 1 saturated heterocycles. The molecule has 11 heteroatoms. The van der Waals surface area contributed by atoms with E-state index in [1.165, 1.54) is 24.3 Å². The minimum atomic E-state index is -1.70. The van der Waals surface area contributed by atoms with Crippen LogP contribution in [0, 0.1) is 0 Å². The van der Waals surface area contributed by atoms with Gasteiger partial charge in [0.2, 0.25) is 17.5 Å². The Bertz CT molecular complexity index is 999. The number of hydrogen-bond acceptors (Lipinski definition) is 11. The summed E-state index contributed by atoms with van der Waals surface area (Å²) < 4.78 is 20.4. The maximum Gasteiger partial charge on any atom is 0.330 e. The highest BCUT2D eigenvalue weighted by atomic mass is 16.7. The summed E-state index contributed by atoms with van der Waals surface area (Å²) in [5, 5.41) is 48.9. The predicted molar refractivity (Wildman–Crippen MR) is 102 cm³/mol. The standard InChI is InChI=1S/C20H20O11/c21-11-3-1-10(7-13(11)23)2-4-16(24)29-9-15-17(25)18(26)19(27)20(31-15)30-14-8-28-6-5-12(14)22/h1-8,15,17-21,23,25-27H,9H2/b4-2+/t15-,17-,18+,19-,20-/m1/s1. The molecule has 2 aromatic rings. The van der Waals surface area contributed by atoms with E-state index in [0.717, 1.165) is 24.7 Å². The monoisotopic (exact) mass is 436 g/mol. The van der Waals surface area contributed by atoms with Gasteiger partial charge in [0, 0.05) is 12.1 Å². The van der Waals surface area contributed by atoms with Crippen LogP contribution < -0.4 is 10.2 Å². The lowest BCUT2D eigenvalue weighted by Gasteiger charge is -2.39. The first-order chi connectivity index (χ1) is 14.8. The van der Waals surface area contributed by atoms with Crippen LogP contribution in [-0.2, 0) is 14.3 Å². The summed E-state index contributed by atoms with van der Waals surface area (Å²) >= 11 is 0. The molecule has 0 saturated carbocycles. The molecule has 1 aromatic carbocycles. The number of esters is 1. The molecule has 3 rings (SSSR count). The van der Waals surface area contributed by atoms with Gasteiger partial charge in [-0.05, 0) is 23.8 Å². The Balaban J connectivity index is 1.61. The molecule has 5 atom stereocenters. The summed E-state index contributed by atoms with van der Waals surface area (Å²) in [5.41, 5.74) is -0.147. The Hall–Kier alpha value is -3.38. The predicted octanol–water partition coefficient (Wildman–Crippen LogP) is -0.506. The molecule has 0 unspecified atom stereocenters. The topological polar surface area (TPSA) is 176 Å². The van der Waals surface area contributed by atoms with Gasteiger partial charge in [-0.3, -0.25) is 4.79 Å². The van der Waals surface area contributed by atoms with Gasteiger partial charge in [-0.25, -0.2) is 4.79 Å². The molecule has 1 aliphatic heterocycles. The number of phenols is 2. The lowest BCUT2D eigenvalue weighted by molar-refractivity contribution is -0.278. The van der Waals surface area contributed by atoms with Crippen molar-refractivity contribution in [2.75, 3.05) is 6.61 Å². The van der Waals surface area contributed by atoms with Crippen molar-refractivity contribution in [2.45, 2.75) is 30.7 Å². The van der Waals surface area contributed by atoms with E-state index in [2.05, 4.69) is 0 Å². The summed E-state index contributed by atoms with van der Waals surface area (Å²) in [6.07, 6.45) is -3.34. The fourth-order valence-electron chi connectivity index (χ4n) is 2.73. The zero-order chi connectivity index (χ0) is 22.5. The van der Waals surface area contributed by atoms with Crippen LogP contribution in [0.1, 0.15) is 5.56 Å². The van der Waals surface area contributed by atoms with Gasteiger partial charge in [-0.2, -0.15) is 0 Å². The number of aliphatic hydroxyl groups is 3. The van der Waals surface area contributed by atoms with Crippen LogP contribution in [0.3, 0.4) is 0 Å². The highest BCUT2D eigenvalue weighted by Gasteiger charge is 2.45. The minimum Gasteiger partial charge on any atom is -0.504 e. The molecular formula is C20H20O11. The first-order valence-corrected chi connectivity index (χ1v) is 9.06. The maximum atomic E-state index is 11.9. The zero-order valence-corrected chi connectivity index (χ0v) is 15.9. The number of phenolic OH excluding ortho intramolecular Hbond substituents is 2. The number of benzene rings is 1. The first-order valence-electron chi connectivity index (χ1n) is 9.06. The van der Waals surface area contributed by atoms with Crippen molar-refractivity contribution in [1.82, 2.24) is 0 Å². The smallest absolute Gasteiger partial charge is 0.330 e. The molecule has 1 aromatic heterocycles. The van der Waals surface area contributed by atoms with Gasteiger partial charge >= 0.3 is 5.97 Å². The van der Waals surface area contributed by atoms with Gasteiger partial charge in [0.15, 0.2) is 11.5 Å². The summed E-state index contributed by atoms with van der Waals surface area (Å²) in [6, 6.07) is 5.00. The van der Waals surface area contributed by atoms with Gasteiger partial charge in [0.05, 0.1) is 6.26 Å². The molecule has 0 spiro atoms. The van der Waals surface area contributed by atoms with E-state index in [-0.39, 0.29) is 17.2 Å². The van der Waals surface area contributed by atoms with Crippen LogP contribution in [-0.4, -0.2) is 68.8 Å². The average Bonchev–Trinajstić information content (AvgIpc) is 2.75. The third-order valence-corrected chi connectivity index (χ3v) is 4.43. The second kappa shape index (κ2) is 9.62. The Kier molecular flexibility index (Phi) is 6.92. The molecule has 166 valence electrons. The molecule has 31 heavy (non-hydrogen) atoms. The lowest BCUT2D eigenvalue weighted by atomic mass is 9.99. The Labute approximate surface area is 175 Å². The Morgan fingerprint density at radius 3 is 2.55 bits per heavy atom. The second-order valence-corrected chi connectivity index (χ2v) is 6.63. The summed E-state index contributed by atoms with van der Waals surface area (Å²) in [7, 11) is 0. The van der Waals surface area contributed by atoms with E-state index in [1.54, 1.807) is 0 Å². The molecule has 1 fully saturated rings. The Morgan fingerprint density at radius 1 is 1.06 bits per heavy atom. The van der Waals surface area contributed by atoms with E-state index in [4.69, 9.17) is 18.6 Å². The molecule has 0 radical (unpaired) electrons. The van der Waals surface area contributed by atoms with Crippen molar-refractivity contribution in [1.29, 1.82) is 0 Å². The SMILES string of the molecule is O=C(/C=C/c1ccc(O)c(O)c1)OC[C@H]1O[C@@H](Oc2coccc2=O)[C@H](O)[C@@H](O)[C@@H]1O. The van der Waals surface area contributed by atoms with E-state index >= 15 is 0 Å². The number of aliphatic hydroxyl groups excluding tert-OH is 3. The first kappa shape index (κ1) is 22.3. The fraction of sp³-hybridized carbons (Fsp3) is 0.300. The summed E-state index contributed by atoms with van der Waals surface area (Å²) in [4.78, 5) is 23.7. The quantitative estimate of drug-likeness (QED) is 0.224. The van der Waals surface area contributed by atoms with Crippen molar-refractivity contribution < 1.29 is 49.0 Å². The van der Waals surface area contributed by atoms with Gasteiger partial charge in [-0.1, -0.05) is 6.07 Å². The Morgan fingerprint density at radius 2 is 1.84 bits per heavy atom. The third-order valence-electron chi connectivity index (χ3n) is 4.43. The number of hydrogen-bond donors (Lipinski definition) is 5. The van der Waals surface area contributed by atoms with Crippen LogP contribution in [0.4, 0.5) is 0 Å². The van der Waals surface area contributed by atoms with E-state index < -0.39 is 48.7 Å². The van der Waals surface area contributed by atoms with E-state index in [1.807, 2.05) is 0 Å². The molecular weight excluding hydrogens is 416 g/mol. The van der Waals surface area contributed by atoms with E-state index in [9.17, 15) is 35.1 Å². The maximum absolute atomic E-state index is 11.9. The summed E-state index contributed by atoms with van der Waals surface area (Å²) in [5.74, 6) is -1.79. The van der Waals surface area contributed by atoms with Crippen LogP contribution in [0.5, 0.6) is 17.2 Å². The third kappa shape index (κ3) is 5.41. The van der Waals surface area contributed by atoms with Gasteiger partial charge in [0.25, 0.3) is 0 Å². The van der Waals surface area contributed by atoms with Gasteiger partial charge in [-0.15, -0.1) is 0 Å². The van der Waals surface area contributed by atoms with Crippen molar-refractivity contribution >= 4 is 12.0 Å².